The van der Waals surface area contributed by atoms with Crippen molar-refractivity contribution >= 4 is 65.7 Å². The molecule has 11 aromatic rings. The summed E-state index contributed by atoms with van der Waals surface area (Å²) in [6, 6.07) is 62.5. The summed E-state index contributed by atoms with van der Waals surface area (Å²) in [5.74, 6) is 0. The SMILES string of the molecule is c1ccc(-c2cccc(-n3c4ccccc4c4ccc5c6ccccc6n(-c6cccc7c6oc6nc(-c8ccccc8)ccc67)c5c43)c2)cc1. The van der Waals surface area contributed by atoms with Gasteiger partial charge in [-0.05, 0) is 53.6 Å². The van der Waals surface area contributed by atoms with E-state index in [1.54, 1.807) is 0 Å². The van der Waals surface area contributed by atoms with Crippen molar-refractivity contribution in [1.82, 2.24) is 14.1 Å². The molecule has 0 aliphatic heterocycles. The summed E-state index contributed by atoms with van der Waals surface area (Å²) < 4.78 is 11.6. The smallest absolute Gasteiger partial charge is 0.227 e. The van der Waals surface area contributed by atoms with Gasteiger partial charge in [0.2, 0.25) is 5.71 Å². The van der Waals surface area contributed by atoms with E-state index in [9.17, 15) is 0 Å². The summed E-state index contributed by atoms with van der Waals surface area (Å²) in [6.07, 6.45) is 0. The quantitative estimate of drug-likeness (QED) is 0.190. The lowest BCUT2D eigenvalue weighted by atomic mass is 10.1. The molecule has 0 saturated heterocycles. The first-order chi connectivity index (χ1) is 25.3. The van der Waals surface area contributed by atoms with Gasteiger partial charge in [0.15, 0.2) is 5.58 Å². The van der Waals surface area contributed by atoms with Crippen LogP contribution in [0.5, 0.6) is 0 Å². The first-order valence-electron chi connectivity index (χ1n) is 17.3. The van der Waals surface area contributed by atoms with Gasteiger partial charge in [-0.15, -0.1) is 0 Å². The topological polar surface area (TPSA) is 35.9 Å². The third kappa shape index (κ3) is 4.11. The third-order valence-electron chi connectivity index (χ3n) is 10.3. The normalized spacial score (nSPS) is 11.9. The molecule has 0 aliphatic carbocycles. The number of rotatable bonds is 4. The van der Waals surface area contributed by atoms with Crippen LogP contribution in [-0.2, 0) is 0 Å². The Labute approximate surface area is 293 Å². The lowest BCUT2D eigenvalue weighted by Crippen LogP contribution is -1.99. The van der Waals surface area contributed by atoms with Gasteiger partial charge in [-0.3, -0.25) is 0 Å². The number of fused-ring (bicyclic) bond motifs is 10. The van der Waals surface area contributed by atoms with Gasteiger partial charge < -0.3 is 13.6 Å². The number of nitrogens with zero attached hydrogens (tertiary/aromatic N) is 3. The van der Waals surface area contributed by atoms with E-state index in [2.05, 4.69) is 167 Å². The van der Waals surface area contributed by atoms with Crippen LogP contribution in [0.2, 0.25) is 0 Å². The molecule has 0 N–H and O–H groups in total. The second-order valence-electron chi connectivity index (χ2n) is 13.2. The average molecular weight is 652 g/mol. The van der Waals surface area contributed by atoms with Crippen molar-refractivity contribution in [2.24, 2.45) is 0 Å². The largest absolute Gasteiger partial charge is 0.435 e. The van der Waals surface area contributed by atoms with Gasteiger partial charge >= 0.3 is 0 Å². The van der Waals surface area contributed by atoms with Crippen LogP contribution in [0.3, 0.4) is 0 Å². The zero-order valence-corrected chi connectivity index (χ0v) is 27.5. The molecule has 0 spiro atoms. The Kier molecular flexibility index (Phi) is 5.92. The highest BCUT2D eigenvalue weighted by molar-refractivity contribution is 6.24. The maximum Gasteiger partial charge on any atom is 0.227 e. The molecule has 0 bridgehead atoms. The molecule has 4 heteroatoms. The Hall–Kier alpha value is -6.91. The van der Waals surface area contributed by atoms with Crippen molar-refractivity contribution in [1.29, 1.82) is 0 Å². The number of aromatic nitrogens is 3. The zero-order valence-electron chi connectivity index (χ0n) is 27.5. The Morgan fingerprint density at radius 1 is 0.392 bits per heavy atom. The summed E-state index contributed by atoms with van der Waals surface area (Å²) >= 11 is 0. The molecule has 4 nitrogen and oxygen atoms in total. The summed E-state index contributed by atoms with van der Waals surface area (Å²) in [5.41, 5.74) is 12.5. The van der Waals surface area contributed by atoms with Crippen molar-refractivity contribution in [2.75, 3.05) is 0 Å². The minimum absolute atomic E-state index is 0.636. The Morgan fingerprint density at radius 2 is 0.961 bits per heavy atom. The van der Waals surface area contributed by atoms with Gasteiger partial charge in [0.1, 0.15) is 0 Å². The van der Waals surface area contributed by atoms with Crippen LogP contribution >= 0.6 is 0 Å². The average Bonchev–Trinajstić information content (AvgIpc) is 3.86. The molecule has 4 heterocycles. The molecule has 0 radical (unpaired) electrons. The van der Waals surface area contributed by atoms with Gasteiger partial charge in [0.05, 0.1) is 33.4 Å². The highest BCUT2D eigenvalue weighted by atomic mass is 16.3. The number of pyridine rings is 1. The monoisotopic (exact) mass is 651 g/mol. The van der Waals surface area contributed by atoms with Gasteiger partial charge in [0, 0.05) is 43.6 Å². The molecule has 7 aromatic carbocycles. The molecule has 0 atom stereocenters. The van der Waals surface area contributed by atoms with Gasteiger partial charge in [-0.2, -0.15) is 0 Å². The van der Waals surface area contributed by atoms with Gasteiger partial charge in [0.25, 0.3) is 0 Å². The highest BCUT2D eigenvalue weighted by Crippen LogP contribution is 2.44. The van der Waals surface area contributed by atoms with Crippen molar-refractivity contribution in [3.63, 3.8) is 0 Å². The predicted molar refractivity (Wildman–Crippen MR) is 211 cm³/mol. The number of hydrogen-bond donors (Lipinski definition) is 0. The maximum atomic E-state index is 6.78. The van der Waals surface area contributed by atoms with Crippen LogP contribution < -0.4 is 0 Å². The highest BCUT2D eigenvalue weighted by Gasteiger charge is 2.23. The molecule has 238 valence electrons. The van der Waals surface area contributed by atoms with E-state index >= 15 is 0 Å². The van der Waals surface area contributed by atoms with Crippen LogP contribution in [0.4, 0.5) is 0 Å². The standard InChI is InChI=1S/C47H29N3O/c1-3-13-30(14-4-1)32-17-11-18-33(29-32)49-41-22-9-7-19-34(41)36-25-26-37-35-20-8-10-23-42(35)50(45(37)44(36)49)43-24-12-21-38-39-27-28-40(31-15-5-2-6-16-31)48-47(39)51-46(38)43/h1-29H. The van der Waals surface area contributed by atoms with Crippen molar-refractivity contribution in [3.05, 3.63) is 176 Å². The van der Waals surface area contributed by atoms with Crippen molar-refractivity contribution in [2.45, 2.75) is 0 Å². The van der Waals surface area contributed by atoms with E-state index < -0.39 is 0 Å². The first-order valence-corrected chi connectivity index (χ1v) is 17.3. The fourth-order valence-electron chi connectivity index (χ4n) is 8.08. The maximum absolute atomic E-state index is 6.78. The van der Waals surface area contributed by atoms with Gasteiger partial charge in [-0.1, -0.05) is 133 Å². The molecular weight excluding hydrogens is 623 g/mol. The molecular formula is C47H29N3O. The van der Waals surface area contributed by atoms with E-state index in [0.717, 1.165) is 55.5 Å². The summed E-state index contributed by atoms with van der Waals surface area (Å²) in [4.78, 5) is 5.02. The molecule has 0 aliphatic rings. The first kappa shape index (κ1) is 28.0. The predicted octanol–water partition coefficient (Wildman–Crippen LogP) is 12.5. The van der Waals surface area contributed by atoms with E-state index in [1.165, 1.54) is 38.2 Å². The molecule has 0 fully saturated rings. The molecule has 0 unspecified atom stereocenters. The Balaban J connectivity index is 1.26. The summed E-state index contributed by atoms with van der Waals surface area (Å²) in [7, 11) is 0. The van der Waals surface area contributed by atoms with Gasteiger partial charge in [-0.25, -0.2) is 4.98 Å². The second kappa shape index (κ2) is 10.8. The number of hydrogen-bond acceptors (Lipinski definition) is 2. The zero-order chi connectivity index (χ0) is 33.5. The summed E-state index contributed by atoms with van der Waals surface area (Å²) in [5, 5.41) is 6.86. The van der Waals surface area contributed by atoms with E-state index in [-0.39, 0.29) is 0 Å². The minimum atomic E-state index is 0.636. The Morgan fingerprint density at radius 3 is 1.71 bits per heavy atom. The lowest BCUT2D eigenvalue weighted by molar-refractivity contribution is 0.652. The van der Waals surface area contributed by atoms with Crippen LogP contribution in [0.1, 0.15) is 0 Å². The van der Waals surface area contributed by atoms with Crippen LogP contribution in [0, 0.1) is 0 Å². The molecule has 51 heavy (non-hydrogen) atoms. The van der Waals surface area contributed by atoms with E-state index in [0.29, 0.717) is 5.71 Å². The number of furan rings is 1. The van der Waals surface area contributed by atoms with E-state index in [1.807, 2.05) is 18.2 Å². The fraction of sp³-hybridized carbons (Fsp3) is 0. The minimum Gasteiger partial charge on any atom is -0.435 e. The van der Waals surface area contributed by atoms with Crippen molar-refractivity contribution in [3.8, 4) is 33.8 Å². The third-order valence-corrected chi connectivity index (χ3v) is 10.3. The summed E-state index contributed by atoms with van der Waals surface area (Å²) in [6.45, 7) is 0. The fourth-order valence-corrected chi connectivity index (χ4v) is 8.08. The van der Waals surface area contributed by atoms with Crippen LogP contribution in [0.15, 0.2) is 180 Å². The molecule has 11 rings (SSSR count). The number of para-hydroxylation sites is 3. The molecule has 0 amide bonds. The van der Waals surface area contributed by atoms with Crippen LogP contribution in [-0.4, -0.2) is 14.1 Å². The van der Waals surface area contributed by atoms with E-state index in [4.69, 9.17) is 9.40 Å². The van der Waals surface area contributed by atoms with Crippen LogP contribution in [0.25, 0.3) is 99.4 Å². The Bertz CT molecular complexity index is 3130. The molecule has 0 saturated carbocycles. The second-order valence-corrected chi connectivity index (χ2v) is 13.2. The lowest BCUT2D eigenvalue weighted by Gasteiger charge is -2.14. The number of benzene rings is 7. The van der Waals surface area contributed by atoms with Crippen molar-refractivity contribution < 1.29 is 4.42 Å². The molecule has 4 aromatic heterocycles.